The first-order chi connectivity index (χ1) is 6.83. The van der Waals surface area contributed by atoms with Gasteiger partial charge in [0, 0.05) is 32.1 Å². The fourth-order valence-corrected chi connectivity index (χ4v) is 1.92. The van der Waals surface area contributed by atoms with Crippen LogP contribution in [0.4, 0.5) is 0 Å². The van der Waals surface area contributed by atoms with Crippen LogP contribution in [0.1, 0.15) is 12.8 Å². The summed E-state index contributed by atoms with van der Waals surface area (Å²) in [6.07, 6.45) is 6.73. The topological polar surface area (TPSA) is 12.5 Å². The second-order valence-corrected chi connectivity index (χ2v) is 4.30. The van der Waals surface area contributed by atoms with E-state index in [1.807, 2.05) is 0 Å². The molecule has 0 saturated carbocycles. The molecule has 1 rings (SSSR count). The van der Waals surface area contributed by atoms with E-state index in [1.165, 1.54) is 19.4 Å². The molecule has 1 aliphatic rings. The Morgan fingerprint density at radius 2 is 2.07 bits per heavy atom. The smallest absolute Gasteiger partial charge is 0.0469 e. The predicted molar refractivity (Wildman–Crippen MR) is 64.0 cm³/mol. The van der Waals surface area contributed by atoms with Gasteiger partial charge >= 0.3 is 0 Å². The third-order valence-corrected chi connectivity index (χ3v) is 2.81. The molecule has 2 nitrogen and oxygen atoms in total. The van der Waals surface area contributed by atoms with Gasteiger partial charge in [-0.2, -0.15) is 12.6 Å². The van der Waals surface area contributed by atoms with E-state index in [0.717, 1.165) is 31.4 Å². The van der Waals surface area contributed by atoms with E-state index in [9.17, 15) is 0 Å². The molecule has 82 valence electrons. The quantitative estimate of drug-likeness (QED) is 0.555. The monoisotopic (exact) mass is 215 g/mol. The van der Waals surface area contributed by atoms with Gasteiger partial charge in [0.15, 0.2) is 0 Å². The molecule has 0 aromatic heterocycles. The SMILES string of the molecule is CN(CC=CCS)CC1CCOCC1. The Labute approximate surface area is 92.7 Å². The first kappa shape index (κ1) is 12.1. The molecule has 1 heterocycles. The van der Waals surface area contributed by atoms with E-state index in [2.05, 4.69) is 36.7 Å². The molecule has 0 aliphatic carbocycles. The Morgan fingerprint density at radius 3 is 2.71 bits per heavy atom. The molecule has 1 fully saturated rings. The van der Waals surface area contributed by atoms with Crippen molar-refractivity contribution in [3.8, 4) is 0 Å². The summed E-state index contributed by atoms with van der Waals surface area (Å²) in [6.45, 7) is 4.13. The van der Waals surface area contributed by atoms with Gasteiger partial charge in [0.05, 0.1) is 0 Å². The number of hydrogen-bond donors (Lipinski definition) is 1. The number of hydrogen-bond acceptors (Lipinski definition) is 3. The van der Waals surface area contributed by atoms with Crippen LogP contribution in [0.3, 0.4) is 0 Å². The summed E-state index contributed by atoms with van der Waals surface area (Å²) in [4.78, 5) is 2.37. The van der Waals surface area contributed by atoms with E-state index >= 15 is 0 Å². The van der Waals surface area contributed by atoms with Gasteiger partial charge in [0.2, 0.25) is 0 Å². The van der Waals surface area contributed by atoms with Crippen molar-refractivity contribution in [3.63, 3.8) is 0 Å². The summed E-state index contributed by atoms with van der Waals surface area (Å²) >= 11 is 4.13. The normalized spacial score (nSPS) is 19.6. The Balaban J connectivity index is 2.11. The summed E-state index contributed by atoms with van der Waals surface area (Å²) in [6, 6.07) is 0. The van der Waals surface area contributed by atoms with Crippen LogP contribution in [0.15, 0.2) is 12.2 Å². The minimum Gasteiger partial charge on any atom is -0.381 e. The molecule has 0 radical (unpaired) electrons. The maximum absolute atomic E-state index is 5.34. The van der Waals surface area contributed by atoms with Gasteiger partial charge in [-0.25, -0.2) is 0 Å². The van der Waals surface area contributed by atoms with Crippen molar-refractivity contribution in [2.45, 2.75) is 12.8 Å². The van der Waals surface area contributed by atoms with E-state index in [1.54, 1.807) is 0 Å². The molecule has 1 saturated heterocycles. The van der Waals surface area contributed by atoms with Gasteiger partial charge in [0.1, 0.15) is 0 Å². The molecule has 0 amide bonds. The number of ether oxygens (including phenoxy) is 1. The number of nitrogens with zero attached hydrogens (tertiary/aromatic N) is 1. The molecular formula is C11H21NOS. The minimum absolute atomic E-state index is 0.832. The van der Waals surface area contributed by atoms with Crippen LogP contribution < -0.4 is 0 Å². The lowest BCUT2D eigenvalue weighted by Crippen LogP contribution is -2.29. The average molecular weight is 215 g/mol. The van der Waals surface area contributed by atoms with Crippen LogP contribution >= 0.6 is 12.6 Å². The van der Waals surface area contributed by atoms with Crippen molar-refractivity contribution in [1.82, 2.24) is 4.90 Å². The van der Waals surface area contributed by atoms with Crippen molar-refractivity contribution in [2.24, 2.45) is 5.92 Å². The Morgan fingerprint density at radius 1 is 1.36 bits per heavy atom. The van der Waals surface area contributed by atoms with Crippen LogP contribution in [0.2, 0.25) is 0 Å². The summed E-state index contributed by atoms with van der Waals surface area (Å²) in [5, 5.41) is 0. The summed E-state index contributed by atoms with van der Waals surface area (Å²) in [7, 11) is 2.18. The molecule has 0 atom stereocenters. The second kappa shape index (κ2) is 7.32. The molecule has 0 aromatic rings. The van der Waals surface area contributed by atoms with Gasteiger partial charge in [0.25, 0.3) is 0 Å². The van der Waals surface area contributed by atoms with Crippen molar-refractivity contribution < 1.29 is 4.74 Å². The van der Waals surface area contributed by atoms with Gasteiger partial charge in [-0.3, -0.25) is 0 Å². The average Bonchev–Trinajstić information content (AvgIpc) is 2.20. The highest BCUT2D eigenvalue weighted by molar-refractivity contribution is 7.80. The summed E-state index contributed by atoms with van der Waals surface area (Å²) in [5.74, 6) is 1.67. The maximum Gasteiger partial charge on any atom is 0.0469 e. The van der Waals surface area contributed by atoms with Crippen molar-refractivity contribution in [3.05, 3.63) is 12.2 Å². The zero-order chi connectivity index (χ0) is 10.2. The highest BCUT2D eigenvalue weighted by Crippen LogP contribution is 2.15. The molecule has 0 spiro atoms. The van der Waals surface area contributed by atoms with Crippen LogP contribution in [-0.2, 0) is 4.74 Å². The van der Waals surface area contributed by atoms with E-state index in [4.69, 9.17) is 4.74 Å². The zero-order valence-corrected chi connectivity index (χ0v) is 9.88. The van der Waals surface area contributed by atoms with E-state index in [-0.39, 0.29) is 0 Å². The van der Waals surface area contributed by atoms with E-state index < -0.39 is 0 Å². The van der Waals surface area contributed by atoms with Gasteiger partial charge < -0.3 is 9.64 Å². The summed E-state index contributed by atoms with van der Waals surface area (Å²) < 4.78 is 5.34. The molecular weight excluding hydrogens is 194 g/mol. The highest BCUT2D eigenvalue weighted by Gasteiger charge is 2.14. The standard InChI is InChI=1S/C11H21NOS/c1-12(6-2-3-9-14)10-11-4-7-13-8-5-11/h2-3,11,14H,4-10H2,1H3. The fourth-order valence-electron chi connectivity index (χ4n) is 1.77. The first-order valence-electron chi connectivity index (χ1n) is 5.35. The lowest BCUT2D eigenvalue weighted by atomic mass is 10.00. The summed E-state index contributed by atoms with van der Waals surface area (Å²) in [5.41, 5.74) is 0. The molecule has 0 bridgehead atoms. The van der Waals surface area contributed by atoms with Gasteiger partial charge in [-0.15, -0.1) is 0 Å². The lowest BCUT2D eigenvalue weighted by Gasteiger charge is -2.26. The Hall–Kier alpha value is 0.01000. The van der Waals surface area contributed by atoms with Crippen LogP contribution in [0, 0.1) is 5.92 Å². The maximum atomic E-state index is 5.34. The largest absolute Gasteiger partial charge is 0.381 e. The molecule has 0 N–H and O–H groups in total. The van der Waals surface area contributed by atoms with Crippen LogP contribution in [0.25, 0.3) is 0 Å². The molecule has 14 heavy (non-hydrogen) atoms. The first-order valence-corrected chi connectivity index (χ1v) is 5.98. The zero-order valence-electron chi connectivity index (χ0n) is 8.98. The Kier molecular flexibility index (Phi) is 6.32. The minimum atomic E-state index is 0.832. The van der Waals surface area contributed by atoms with Crippen molar-refractivity contribution in [2.75, 3.05) is 39.1 Å². The van der Waals surface area contributed by atoms with Gasteiger partial charge in [-0.05, 0) is 25.8 Å². The van der Waals surface area contributed by atoms with Crippen molar-refractivity contribution in [1.29, 1.82) is 0 Å². The lowest BCUT2D eigenvalue weighted by molar-refractivity contribution is 0.0569. The number of thiol groups is 1. The van der Waals surface area contributed by atoms with Crippen LogP contribution in [-0.4, -0.2) is 44.0 Å². The Bertz CT molecular complexity index is 167. The fraction of sp³-hybridized carbons (Fsp3) is 0.818. The predicted octanol–water partition coefficient (Wildman–Crippen LogP) is 1.83. The third kappa shape index (κ3) is 5.03. The van der Waals surface area contributed by atoms with Crippen molar-refractivity contribution >= 4 is 12.6 Å². The van der Waals surface area contributed by atoms with E-state index in [0.29, 0.717) is 0 Å². The number of rotatable bonds is 5. The third-order valence-electron chi connectivity index (χ3n) is 2.60. The second-order valence-electron chi connectivity index (χ2n) is 3.93. The molecule has 0 aromatic carbocycles. The molecule has 0 unspecified atom stereocenters. The molecule has 3 heteroatoms. The van der Waals surface area contributed by atoms with Crippen LogP contribution in [0.5, 0.6) is 0 Å². The number of likely N-dealkylation sites (N-methyl/N-ethyl adjacent to an activating group) is 1. The molecule has 1 aliphatic heterocycles. The van der Waals surface area contributed by atoms with Gasteiger partial charge in [-0.1, -0.05) is 12.2 Å². The highest BCUT2D eigenvalue weighted by atomic mass is 32.1.